The van der Waals surface area contributed by atoms with Gasteiger partial charge in [-0.15, -0.1) is 0 Å². The number of nitrogens with zero attached hydrogens (tertiary/aromatic N) is 1. The van der Waals surface area contributed by atoms with Crippen LogP contribution in [0.4, 0.5) is 17.3 Å². The number of hydrogen-bond acceptors (Lipinski definition) is 5. The maximum absolute atomic E-state index is 12.0. The highest BCUT2D eigenvalue weighted by Gasteiger charge is 2.15. The molecule has 0 aliphatic carbocycles. The molecule has 0 bridgehead atoms. The number of amides is 1. The van der Waals surface area contributed by atoms with Gasteiger partial charge in [0.1, 0.15) is 0 Å². The van der Waals surface area contributed by atoms with Crippen molar-refractivity contribution in [1.29, 1.82) is 0 Å². The topological polar surface area (TPSA) is 107 Å². The minimum Gasteiger partial charge on any atom is -0.399 e. The van der Waals surface area contributed by atoms with E-state index in [1.165, 1.54) is 6.07 Å². The van der Waals surface area contributed by atoms with Crippen molar-refractivity contribution in [1.82, 2.24) is 5.16 Å². The third-order valence-corrected chi connectivity index (χ3v) is 2.70. The van der Waals surface area contributed by atoms with Gasteiger partial charge in [0, 0.05) is 16.9 Å². The van der Waals surface area contributed by atoms with E-state index in [1.807, 2.05) is 6.92 Å². The van der Waals surface area contributed by atoms with Crippen LogP contribution >= 0.6 is 0 Å². The number of anilines is 3. The second-order valence-corrected chi connectivity index (χ2v) is 4.02. The van der Waals surface area contributed by atoms with E-state index in [1.54, 1.807) is 19.1 Å². The summed E-state index contributed by atoms with van der Waals surface area (Å²) in [6.45, 7) is 3.61. The molecule has 0 aliphatic heterocycles. The molecule has 5 N–H and O–H groups in total. The summed E-state index contributed by atoms with van der Waals surface area (Å²) in [7, 11) is 0. The molecule has 1 aromatic carbocycles. The Morgan fingerprint density at radius 3 is 2.61 bits per heavy atom. The second-order valence-electron chi connectivity index (χ2n) is 4.02. The number of nitrogen functional groups attached to an aromatic ring is 2. The number of carbonyl (C=O) groups is 1. The summed E-state index contributed by atoms with van der Waals surface area (Å²) >= 11 is 0. The predicted molar refractivity (Wildman–Crippen MR) is 69.2 cm³/mol. The summed E-state index contributed by atoms with van der Waals surface area (Å²) < 4.78 is 5.00. The van der Waals surface area contributed by atoms with Crippen LogP contribution in [0.2, 0.25) is 0 Å². The Labute approximate surface area is 104 Å². The lowest BCUT2D eigenvalue weighted by atomic mass is 10.1. The standard InChI is InChI=1S/C12H14N4O2/c1-6-7(2)16-18-12(6)15-11(17)9-4-3-8(13)5-10(9)14/h3-5H,13-14H2,1-2H3,(H,15,17). The highest BCUT2D eigenvalue weighted by molar-refractivity contribution is 6.07. The summed E-state index contributed by atoms with van der Waals surface area (Å²) in [4.78, 5) is 12.0. The van der Waals surface area contributed by atoms with E-state index in [9.17, 15) is 4.79 Å². The summed E-state index contributed by atoms with van der Waals surface area (Å²) in [5, 5.41) is 6.38. The number of benzene rings is 1. The van der Waals surface area contributed by atoms with Crippen LogP contribution in [-0.4, -0.2) is 11.1 Å². The van der Waals surface area contributed by atoms with Gasteiger partial charge in [-0.3, -0.25) is 10.1 Å². The molecule has 18 heavy (non-hydrogen) atoms. The molecule has 94 valence electrons. The predicted octanol–water partition coefficient (Wildman–Crippen LogP) is 1.71. The van der Waals surface area contributed by atoms with E-state index in [-0.39, 0.29) is 5.91 Å². The minimum atomic E-state index is -0.355. The molecule has 2 rings (SSSR count). The van der Waals surface area contributed by atoms with Gasteiger partial charge in [0.2, 0.25) is 5.88 Å². The van der Waals surface area contributed by atoms with Crippen molar-refractivity contribution in [2.45, 2.75) is 13.8 Å². The molecule has 0 spiro atoms. The third kappa shape index (κ3) is 2.13. The molecule has 0 unspecified atom stereocenters. The van der Waals surface area contributed by atoms with E-state index >= 15 is 0 Å². The summed E-state index contributed by atoms with van der Waals surface area (Å²) in [6, 6.07) is 4.72. The van der Waals surface area contributed by atoms with E-state index in [0.717, 1.165) is 11.3 Å². The molecule has 0 saturated heterocycles. The normalized spacial score (nSPS) is 10.3. The fourth-order valence-corrected chi connectivity index (χ4v) is 1.49. The van der Waals surface area contributed by atoms with Gasteiger partial charge >= 0.3 is 0 Å². The van der Waals surface area contributed by atoms with Crippen LogP contribution in [0, 0.1) is 13.8 Å². The lowest BCUT2D eigenvalue weighted by molar-refractivity contribution is 0.102. The van der Waals surface area contributed by atoms with Gasteiger partial charge in [0.15, 0.2) is 0 Å². The van der Waals surface area contributed by atoms with Gasteiger partial charge in [-0.05, 0) is 32.0 Å². The minimum absolute atomic E-state index is 0.321. The molecule has 0 fully saturated rings. The maximum atomic E-state index is 12.0. The van der Waals surface area contributed by atoms with Crippen molar-refractivity contribution in [3.63, 3.8) is 0 Å². The molecular formula is C12H14N4O2. The second kappa shape index (κ2) is 4.40. The van der Waals surface area contributed by atoms with Crippen LogP contribution in [0.1, 0.15) is 21.6 Å². The van der Waals surface area contributed by atoms with Gasteiger partial charge in [0.05, 0.1) is 11.3 Å². The molecule has 0 radical (unpaired) electrons. The number of aryl methyl sites for hydroxylation is 1. The first-order valence-corrected chi connectivity index (χ1v) is 5.38. The number of carbonyl (C=O) groups excluding carboxylic acids is 1. The maximum Gasteiger partial charge on any atom is 0.260 e. The Bertz CT molecular complexity index is 604. The quantitative estimate of drug-likeness (QED) is 0.699. The van der Waals surface area contributed by atoms with Gasteiger partial charge in [-0.2, -0.15) is 0 Å². The monoisotopic (exact) mass is 246 g/mol. The Kier molecular flexibility index (Phi) is 2.93. The van der Waals surface area contributed by atoms with Gasteiger partial charge in [-0.25, -0.2) is 0 Å². The van der Waals surface area contributed by atoms with Crippen molar-refractivity contribution in [3.05, 3.63) is 35.0 Å². The molecule has 0 aliphatic rings. The third-order valence-electron chi connectivity index (χ3n) is 2.70. The van der Waals surface area contributed by atoms with Gasteiger partial charge in [0.25, 0.3) is 5.91 Å². The van der Waals surface area contributed by atoms with Crippen molar-refractivity contribution >= 4 is 23.2 Å². The summed E-state index contributed by atoms with van der Waals surface area (Å²) in [5.41, 5.74) is 14.0. The fourth-order valence-electron chi connectivity index (χ4n) is 1.49. The molecule has 6 nitrogen and oxygen atoms in total. The summed E-state index contributed by atoms with van der Waals surface area (Å²) in [5.74, 6) is -0.0273. The largest absolute Gasteiger partial charge is 0.399 e. The Morgan fingerprint density at radius 1 is 1.33 bits per heavy atom. The molecule has 1 amide bonds. The van der Waals surface area contributed by atoms with Crippen molar-refractivity contribution in [2.24, 2.45) is 0 Å². The zero-order valence-corrected chi connectivity index (χ0v) is 10.2. The molecular weight excluding hydrogens is 232 g/mol. The van der Waals surface area contributed by atoms with Crippen molar-refractivity contribution in [2.75, 3.05) is 16.8 Å². The average Bonchev–Trinajstić information content (AvgIpc) is 2.61. The number of nitrogens with one attached hydrogen (secondary N) is 1. The van der Waals surface area contributed by atoms with Crippen LogP contribution in [0.15, 0.2) is 22.7 Å². The summed E-state index contributed by atoms with van der Waals surface area (Å²) in [6.07, 6.45) is 0. The Balaban J connectivity index is 2.25. The lowest BCUT2D eigenvalue weighted by Crippen LogP contribution is -2.14. The first kappa shape index (κ1) is 12.0. The molecule has 1 aromatic heterocycles. The number of rotatable bonds is 2. The zero-order valence-electron chi connectivity index (χ0n) is 10.2. The van der Waals surface area contributed by atoms with Crippen molar-refractivity contribution < 1.29 is 9.32 Å². The number of aromatic nitrogens is 1. The molecule has 1 heterocycles. The van der Waals surface area contributed by atoms with E-state index < -0.39 is 0 Å². The first-order valence-electron chi connectivity index (χ1n) is 5.38. The van der Waals surface area contributed by atoms with Crippen LogP contribution < -0.4 is 16.8 Å². The van der Waals surface area contributed by atoms with Crippen molar-refractivity contribution in [3.8, 4) is 0 Å². The smallest absolute Gasteiger partial charge is 0.260 e. The molecule has 2 aromatic rings. The van der Waals surface area contributed by atoms with E-state index in [4.69, 9.17) is 16.0 Å². The SMILES string of the molecule is Cc1noc(NC(=O)c2ccc(N)cc2N)c1C. The van der Waals surface area contributed by atoms with Crippen LogP contribution in [-0.2, 0) is 0 Å². The first-order chi connectivity index (χ1) is 8.49. The van der Waals surface area contributed by atoms with Crippen LogP contribution in [0.25, 0.3) is 0 Å². The fraction of sp³-hybridized carbons (Fsp3) is 0.167. The zero-order chi connectivity index (χ0) is 13.3. The highest BCUT2D eigenvalue weighted by Crippen LogP contribution is 2.21. The average molecular weight is 246 g/mol. The number of nitrogens with two attached hydrogens (primary N) is 2. The van der Waals surface area contributed by atoms with E-state index in [0.29, 0.717) is 22.8 Å². The van der Waals surface area contributed by atoms with E-state index in [2.05, 4.69) is 10.5 Å². The Morgan fingerprint density at radius 2 is 2.06 bits per heavy atom. The van der Waals surface area contributed by atoms with Gasteiger partial charge < -0.3 is 16.0 Å². The number of hydrogen-bond donors (Lipinski definition) is 3. The van der Waals surface area contributed by atoms with Crippen LogP contribution in [0.3, 0.4) is 0 Å². The Hall–Kier alpha value is -2.50. The molecule has 0 saturated carbocycles. The molecule has 0 atom stereocenters. The molecule has 6 heteroatoms. The lowest BCUT2D eigenvalue weighted by Gasteiger charge is -2.06. The van der Waals surface area contributed by atoms with Gasteiger partial charge in [-0.1, -0.05) is 5.16 Å². The van der Waals surface area contributed by atoms with Crippen LogP contribution in [0.5, 0.6) is 0 Å². The highest BCUT2D eigenvalue weighted by atomic mass is 16.5.